The lowest BCUT2D eigenvalue weighted by Crippen LogP contribution is -2.44. The van der Waals surface area contributed by atoms with Crippen molar-refractivity contribution in [3.05, 3.63) is 23.3 Å². The van der Waals surface area contributed by atoms with E-state index in [2.05, 4.69) is 0 Å². The van der Waals surface area contributed by atoms with E-state index in [0.717, 1.165) is 23.8 Å². The number of rotatable bonds is 8. The average Bonchev–Trinajstić information content (AvgIpc) is 2.61. The highest BCUT2D eigenvalue weighted by Crippen LogP contribution is 2.33. The molecule has 1 aliphatic rings. The van der Waals surface area contributed by atoms with E-state index in [1.54, 1.807) is 19.1 Å². The summed E-state index contributed by atoms with van der Waals surface area (Å²) in [6.45, 7) is 5.31. The number of sulfonamides is 1. The first-order valence-electron chi connectivity index (χ1n) is 9.12. The van der Waals surface area contributed by atoms with E-state index in [0.29, 0.717) is 43.5 Å². The van der Waals surface area contributed by atoms with Crippen LogP contribution in [0.2, 0.25) is 0 Å². The number of hydrogen-bond donors (Lipinski definition) is 0. The topological polar surface area (TPSA) is 76.2 Å². The van der Waals surface area contributed by atoms with Gasteiger partial charge in [-0.3, -0.25) is 4.79 Å². The molecule has 0 atom stereocenters. The number of methoxy groups -OCH3 is 2. The summed E-state index contributed by atoms with van der Waals surface area (Å²) in [5.41, 5.74) is 2.12. The molecule has 0 N–H and O–H groups in total. The minimum Gasteiger partial charge on any atom is -0.493 e. The van der Waals surface area contributed by atoms with Crippen molar-refractivity contribution in [1.82, 2.24) is 9.21 Å². The first-order valence-corrected chi connectivity index (χ1v) is 11.0. The van der Waals surface area contributed by atoms with Crippen LogP contribution in [0.4, 0.5) is 0 Å². The molecule has 152 valence electrons. The highest BCUT2D eigenvalue weighted by atomic mass is 32.2. The Morgan fingerprint density at radius 2 is 1.78 bits per heavy atom. The molecule has 1 heterocycles. The summed E-state index contributed by atoms with van der Waals surface area (Å²) < 4.78 is 36.0. The first-order chi connectivity index (χ1) is 12.7. The van der Waals surface area contributed by atoms with E-state index >= 15 is 0 Å². The minimum absolute atomic E-state index is 0.117. The average molecular weight is 399 g/mol. The van der Waals surface area contributed by atoms with E-state index in [9.17, 15) is 13.2 Å². The monoisotopic (exact) mass is 398 g/mol. The van der Waals surface area contributed by atoms with Crippen LogP contribution in [0, 0.1) is 5.92 Å². The van der Waals surface area contributed by atoms with Crippen LogP contribution >= 0.6 is 0 Å². The third-order valence-electron chi connectivity index (χ3n) is 4.81. The van der Waals surface area contributed by atoms with Crippen LogP contribution < -0.4 is 9.47 Å². The van der Waals surface area contributed by atoms with Crippen LogP contribution in [0.5, 0.6) is 11.5 Å². The number of nitrogens with zero attached hydrogens (tertiary/aromatic N) is 2. The van der Waals surface area contributed by atoms with Crippen LogP contribution in [-0.4, -0.2) is 63.6 Å². The fourth-order valence-corrected chi connectivity index (χ4v) is 3.89. The van der Waals surface area contributed by atoms with Crippen LogP contribution in [0.15, 0.2) is 12.1 Å². The number of ether oxygens (including phenoxy) is 2. The van der Waals surface area contributed by atoms with Gasteiger partial charge in [-0.25, -0.2) is 8.42 Å². The van der Waals surface area contributed by atoms with Crippen molar-refractivity contribution in [3.63, 3.8) is 0 Å². The maximum atomic E-state index is 12.8. The summed E-state index contributed by atoms with van der Waals surface area (Å²) in [6, 6.07) is 3.84. The summed E-state index contributed by atoms with van der Waals surface area (Å²) in [5, 5.41) is 0. The molecule has 1 aromatic carbocycles. The lowest BCUT2D eigenvalue weighted by Gasteiger charge is -2.31. The van der Waals surface area contributed by atoms with Crippen molar-refractivity contribution in [3.8, 4) is 11.5 Å². The molecule has 8 heteroatoms. The molecular formula is C19H30N2O5S. The van der Waals surface area contributed by atoms with Gasteiger partial charge >= 0.3 is 0 Å². The van der Waals surface area contributed by atoms with Crippen molar-refractivity contribution in [1.29, 1.82) is 0 Å². The molecule has 1 aromatic rings. The van der Waals surface area contributed by atoms with Gasteiger partial charge in [0.1, 0.15) is 0 Å². The molecule has 0 aliphatic carbocycles. The molecule has 0 bridgehead atoms. The van der Waals surface area contributed by atoms with Crippen LogP contribution in [-0.2, 0) is 27.8 Å². The second kappa shape index (κ2) is 8.93. The van der Waals surface area contributed by atoms with Gasteiger partial charge in [0.05, 0.1) is 27.0 Å². The Morgan fingerprint density at radius 3 is 2.30 bits per heavy atom. The molecule has 0 radical (unpaired) electrons. The van der Waals surface area contributed by atoms with Gasteiger partial charge in [-0.05, 0) is 42.0 Å². The number of carbonyl (C=O) groups is 1. The van der Waals surface area contributed by atoms with Gasteiger partial charge in [0.2, 0.25) is 15.9 Å². The fraction of sp³-hybridized carbons (Fsp3) is 0.632. The third-order valence-corrected chi connectivity index (χ3v) is 6.06. The fourth-order valence-electron chi connectivity index (χ4n) is 3.11. The van der Waals surface area contributed by atoms with Gasteiger partial charge in [0.15, 0.2) is 11.5 Å². The largest absolute Gasteiger partial charge is 0.493 e. The van der Waals surface area contributed by atoms with Crippen molar-refractivity contribution in [2.24, 2.45) is 5.92 Å². The van der Waals surface area contributed by atoms with E-state index in [1.807, 2.05) is 26.0 Å². The number of carbonyl (C=O) groups excluding carboxylic acids is 1. The Kier molecular flexibility index (Phi) is 7.11. The molecule has 1 aliphatic heterocycles. The Hall–Kier alpha value is -1.80. The van der Waals surface area contributed by atoms with Crippen LogP contribution in [0.25, 0.3) is 0 Å². The van der Waals surface area contributed by atoms with Crippen LogP contribution in [0.3, 0.4) is 0 Å². The van der Waals surface area contributed by atoms with Crippen molar-refractivity contribution >= 4 is 15.9 Å². The smallest absolute Gasteiger partial charge is 0.238 e. The van der Waals surface area contributed by atoms with Gasteiger partial charge in [0, 0.05) is 19.6 Å². The number of fused-ring (bicyclic) bond motifs is 1. The molecule has 0 aromatic heterocycles. The Bertz CT molecular complexity index is 777. The van der Waals surface area contributed by atoms with Gasteiger partial charge in [0.25, 0.3) is 0 Å². The maximum Gasteiger partial charge on any atom is 0.238 e. The second-order valence-electron chi connectivity index (χ2n) is 7.32. The highest BCUT2D eigenvalue weighted by Gasteiger charge is 2.27. The Labute approximate surface area is 162 Å². The SMILES string of the molecule is COc1cc2c(cc1OC)CN(C(=O)CN(CCC(C)C)S(C)(=O)=O)CC2. The Morgan fingerprint density at radius 1 is 1.19 bits per heavy atom. The molecule has 0 saturated carbocycles. The van der Waals surface area contributed by atoms with Crippen molar-refractivity contribution < 1.29 is 22.7 Å². The predicted molar refractivity (Wildman–Crippen MR) is 105 cm³/mol. The van der Waals surface area contributed by atoms with E-state index in [-0.39, 0.29) is 12.5 Å². The van der Waals surface area contributed by atoms with Crippen molar-refractivity contribution in [2.45, 2.75) is 33.2 Å². The first kappa shape index (κ1) is 21.5. The van der Waals surface area contributed by atoms with Gasteiger partial charge < -0.3 is 14.4 Å². The summed E-state index contributed by atoms with van der Waals surface area (Å²) >= 11 is 0. The maximum absolute atomic E-state index is 12.8. The quantitative estimate of drug-likeness (QED) is 0.668. The predicted octanol–water partition coefficient (Wildman–Crippen LogP) is 1.90. The number of hydrogen-bond acceptors (Lipinski definition) is 5. The molecule has 7 nitrogen and oxygen atoms in total. The molecule has 27 heavy (non-hydrogen) atoms. The number of benzene rings is 1. The summed E-state index contributed by atoms with van der Waals surface area (Å²) in [5.74, 6) is 1.49. The zero-order chi connectivity index (χ0) is 20.2. The molecule has 0 unspecified atom stereocenters. The molecule has 0 spiro atoms. The highest BCUT2D eigenvalue weighted by molar-refractivity contribution is 7.88. The summed E-state index contributed by atoms with van der Waals surface area (Å²) in [7, 11) is -0.250. The molecule has 2 rings (SSSR count). The molecule has 0 fully saturated rings. The molecular weight excluding hydrogens is 368 g/mol. The number of amides is 1. The van der Waals surface area contributed by atoms with Gasteiger partial charge in [-0.1, -0.05) is 13.8 Å². The van der Waals surface area contributed by atoms with Gasteiger partial charge in [-0.15, -0.1) is 0 Å². The summed E-state index contributed by atoms with van der Waals surface area (Å²) in [6.07, 6.45) is 2.58. The molecule has 1 amide bonds. The normalized spacial score (nSPS) is 14.4. The summed E-state index contributed by atoms with van der Waals surface area (Å²) in [4.78, 5) is 14.5. The van der Waals surface area contributed by atoms with Gasteiger partial charge in [-0.2, -0.15) is 4.31 Å². The zero-order valence-corrected chi connectivity index (χ0v) is 17.6. The second-order valence-corrected chi connectivity index (χ2v) is 9.30. The van der Waals surface area contributed by atoms with E-state index < -0.39 is 10.0 Å². The molecule has 0 saturated heterocycles. The van der Waals surface area contributed by atoms with Crippen molar-refractivity contribution in [2.75, 3.05) is 40.1 Å². The van der Waals surface area contributed by atoms with E-state index in [4.69, 9.17) is 9.47 Å². The minimum atomic E-state index is -3.43. The zero-order valence-electron chi connectivity index (χ0n) is 16.8. The van der Waals surface area contributed by atoms with E-state index in [1.165, 1.54) is 4.31 Å². The lowest BCUT2D eigenvalue weighted by molar-refractivity contribution is -0.132. The Balaban J connectivity index is 2.12. The standard InChI is InChI=1S/C19H30N2O5S/c1-14(2)6-9-21(27(5,23)24)13-19(22)20-8-7-15-10-17(25-3)18(26-4)11-16(15)12-20/h10-11,14H,6-9,12-13H2,1-5H3. The lowest BCUT2D eigenvalue weighted by atomic mass is 9.98. The van der Waals surface area contributed by atoms with Crippen LogP contribution in [0.1, 0.15) is 31.4 Å². The third kappa shape index (κ3) is 5.59.